The van der Waals surface area contributed by atoms with Crippen molar-refractivity contribution in [2.24, 2.45) is 4.99 Å². The van der Waals surface area contributed by atoms with Crippen molar-refractivity contribution in [2.45, 2.75) is 37.6 Å². The highest BCUT2D eigenvalue weighted by atomic mass is 32.2. The Morgan fingerprint density at radius 1 is 1.10 bits per heavy atom. The van der Waals surface area contributed by atoms with Gasteiger partial charge in [-0.05, 0) is 12.8 Å². The minimum absolute atomic E-state index is 0.0619. The molecule has 1 spiro atoms. The lowest BCUT2D eigenvalue weighted by Crippen LogP contribution is -2.29. The second-order valence-corrected chi connectivity index (χ2v) is 6.33. The molecule has 1 aliphatic carbocycles. The molecule has 108 valence electrons. The SMILES string of the molecule is Fc1cc(F)c(F)c(NC2=NC3(CCCCC3)CS2)c1. The smallest absolute Gasteiger partial charge is 0.182 e. The third-order valence-electron chi connectivity index (χ3n) is 3.84. The van der Waals surface area contributed by atoms with Crippen molar-refractivity contribution in [3.8, 4) is 0 Å². The van der Waals surface area contributed by atoms with Crippen LogP contribution < -0.4 is 5.32 Å². The van der Waals surface area contributed by atoms with Crippen LogP contribution in [-0.4, -0.2) is 16.5 Å². The van der Waals surface area contributed by atoms with Crippen LogP contribution in [0.3, 0.4) is 0 Å². The predicted octanol–water partition coefficient (Wildman–Crippen LogP) is 4.32. The number of benzene rings is 1. The number of nitrogens with zero attached hydrogens (tertiary/aromatic N) is 1. The molecule has 1 fully saturated rings. The first-order valence-corrected chi connectivity index (χ1v) is 7.71. The maximum absolute atomic E-state index is 13.6. The van der Waals surface area contributed by atoms with Crippen molar-refractivity contribution in [3.05, 3.63) is 29.6 Å². The highest BCUT2D eigenvalue weighted by Gasteiger charge is 2.36. The maximum Gasteiger partial charge on any atom is 0.182 e. The van der Waals surface area contributed by atoms with Gasteiger partial charge in [0.2, 0.25) is 0 Å². The van der Waals surface area contributed by atoms with E-state index in [0.717, 1.165) is 37.5 Å². The van der Waals surface area contributed by atoms with Crippen LogP contribution in [0, 0.1) is 17.5 Å². The van der Waals surface area contributed by atoms with Crippen LogP contribution in [0.15, 0.2) is 17.1 Å². The Morgan fingerprint density at radius 3 is 2.60 bits per heavy atom. The number of halogens is 3. The maximum atomic E-state index is 13.6. The van der Waals surface area contributed by atoms with Crippen LogP contribution in [0.1, 0.15) is 32.1 Å². The summed E-state index contributed by atoms with van der Waals surface area (Å²) in [6.07, 6.45) is 5.60. The van der Waals surface area contributed by atoms with Crippen molar-refractivity contribution < 1.29 is 13.2 Å². The topological polar surface area (TPSA) is 24.4 Å². The molecule has 1 saturated carbocycles. The zero-order valence-electron chi connectivity index (χ0n) is 10.9. The van der Waals surface area contributed by atoms with Crippen molar-refractivity contribution in [2.75, 3.05) is 11.1 Å². The fourth-order valence-corrected chi connectivity index (χ4v) is 3.97. The van der Waals surface area contributed by atoms with Gasteiger partial charge < -0.3 is 5.32 Å². The molecular formula is C14H15F3N2S. The van der Waals surface area contributed by atoms with Crippen molar-refractivity contribution >= 4 is 22.6 Å². The van der Waals surface area contributed by atoms with Gasteiger partial charge in [-0.2, -0.15) is 0 Å². The van der Waals surface area contributed by atoms with Gasteiger partial charge in [-0.15, -0.1) is 0 Å². The van der Waals surface area contributed by atoms with Crippen LogP contribution in [-0.2, 0) is 0 Å². The van der Waals surface area contributed by atoms with E-state index in [1.807, 2.05) is 0 Å². The third kappa shape index (κ3) is 2.66. The quantitative estimate of drug-likeness (QED) is 0.781. The number of nitrogens with one attached hydrogen (secondary N) is 1. The summed E-state index contributed by atoms with van der Waals surface area (Å²) < 4.78 is 39.9. The third-order valence-corrected chi connectivity index (χ3v) is 4.98. The molecule has 0 atom stereocenters. The molecule has 3 rings (SSSR count). The van der Waals surface area contributed by atoms with Crippen LogP contribution in [0.2, 0.25) is 0 Å². The molecule has 1 aromatic rings. The Bertz CT molecular complexity index is 554. The van der Waals surface area contributed by atoms with E-state index in [2.05, 4.69) is 10.3 Å². The van der Waals surface area contributed by atoms with Gasteiger partial charge in [0.25, 0.3) is 0 Å². The molecule has 20 heavy (non-hydrogen) atoms. The number of thioether (sulfide) groups is 1. The van der Waals surface area contributed by atoms with E-state index in [-0.39, 0.29) is 11.2 Å². The normalized spacial score (nSPS) is 21.1. The Kier molecular flexibility index (Phi) is 3.67. The van der Waals surface area contributed by atoms with E-state index in [1.165, 1.54) is 18.2 Å². The van der Waals surface area contributed by atoms with Crippen molar-refractivity contribution in [3.63, 3.8) is 0 Å². The van der Waals surface area contributed by atoms with E-state index in [0.29, 0.717) is 11.2 Å². The largest absolute Gasteiger partial charge is 0.332 e. The predicted molar refractivity (Wildman–Crippen MR) is 75.6 cm³/mol. The lowest BCUT2D eigenvalue weighted by molar-refractivity contribution is 0.335. The summed E-state index contributed by atoms with van der Waals surface area (Å²) in [4.78, 5) is 4.63. The van der Waals surface area contributed by atoms with Crippen LogP contribution in [0.4, 0.5) is 18.9 Å². The summed E-state index contributed by atoms with van der Waals surface area (Å²) in [5.41, 5.74) is -0.255. The second-order valence-electron chi connectivity index (χ2n) is 5.36. The highest BCUT2D eigenvalue weighted by molar-refractivity contribution is 8.14. The van der Waals surface area contributed by atoms with Crippen LogP contribution in [0.5, 0.6) is 0 Å². The Balaban J connectivity index is 1.80. The molecule has 0 amide bonds. The summed E-state index contributed by atoms with van der Waals surface area (Å²) in [5.74, 6) is -2.21. The van der Waals surface area contributed by atoms with Crippen molar-refractivity contribution in [1.82, 2.24) is 0 Å². The Labute approximate surface area is 119 Å². The molecule has 0 radical (unpaired) electrons. The standard InChI is InChI=1S/C14H15F3N2S/c15-9-6-10(16)12(17)11(7-9)18-13-19-14(8-20-13)4-2-1-3-5-14/h6-7H,1-5,8H2,(H,18,19). The molecule has 1 aliphatic heterocycles. The fraction of sp³-hybridized carbons (Fsp3) is 0.500. The zero-order chi connectivity index (χ0) is 14.2. The van der Waals surface area contributed by atoms with Gasteiger partial charge in [0.05, 0.1) is 11.2 Å². The fourth-order valence-electron chi connectivity index (χ4n) is 2.77. The number of hydrogen-bond acceptors (Lipinski definition) is 3. The number of aliphatic imine (C=N–C) groups is 1. The van der Waals surface area contributed by atoms with Gasteiger partial charge in [0.15, 0.2) is 16.8 Å². The molecule has 0 aromatic heterocycles. The average Bonchev–Trinajstić information content (AvgIpc) is 2.79. The van der Waals surface area contributed by atoms with Gasteiger partial charge in [-0.1, -0.05) is 31.0 Å². The first-order valence-electron chi connectivity index (χ1n) is 6.72. The summed E-state index contributed by atoms with van der Waals surface area (Å²) in [6.45, 7) is 0. The van der Waals surface area contributed by atoms with E-state index < -0.39 is 17.5 Å². The Morgan fingerprint density at radius 2 is 1.85 bits per heavy atom. The van der Waals surface area contributed by atoms with Crippen molar-refractivity contribution in [1.29, 1.82) is 0 Å². The first-order chi connectivity index (χ1) is 9.58. The Hall–Kier alpha value is -1.17. The number of anilines is 1. The minimum atomic E-state index is -1.19. The monoisotopic (exact) mass is 300 g/mol. The summed E-state index contributed by atoms with van der Waals surface area (Å²) >= 11 is 1.49. The minimum Gasteiger partial charge on any atom is -0.332 e. The van der Waals surface area contributed by atoms with E-state index in [1.54, 1.807) is 0 Å². The van der Waals surface area contributed by atoms with E-state index in [9.17, 15) is 13.2 Å². The number of hydrogen-bond donors (Lipinski definition) is 1. The van der Waals surface area contributed by atoms with Crippen LogP contribution >= 0.6 is 11.8 Å². The number of amidine groups is 1. The van der Waals surface area contributed by atoms with Crippen LogP contribution in [0.25, 0.3) is 0 Å². The molecule has 0 bridgehead atoms. The van der Waals surface area contributed by atoms with Gasteiger partial charge >= 0.3 is 0 Å². The molecule has 0 unspecified atom stereocenters. The average molecular weight is 300 g/mol. The first kappa shape index (κ1) is 13.8. The zero-order valence-corrected chi connectivity index (χ0v) is 11.7. The molecule has 0 saturated heterocycles. The summed E-state index contributed by atoms with van der Waals surface area (Å²) in [5, 5.41) is 3.27. The van der Waals surface area contributed by atoms with E-state index in [4.69, 9.17) is 0 Å². The van der Waals surface area contributed by atoms with Gasteiger partial charge in [0, 0.05) is 17.9 Å². The lowest BCUT2D eigenvalue weighted by Gasteiger charge is -2.29. The number of rotatable bonds is 1. The molecule has 1 N–H and O–H groups in total. The molecule has 1 heterocycles. The molecule has 2 aliphatic rings. The molecule has 1 aromatic carbocycles. The van der Waals surface area contributed by atoms with Gasteiger partial charge in [-0.3, -0.25) is 4.99 Å². The highest BCUT2D eigenvalue weighted by Crippen LogP contribution is 2.40. The van der Waals surface area contributed by atoms with Gasteiger partial charge in [0.1, 0.15) is 5.82 Å². The lowest BCUT2D eigenvalue weighted by atomic mass is 9.84. The van der Waals surface area contributed by atoms with E-state index >= 15 is 0 Å². The molecule has 6 heteroatoms. The summed E-state index contributed by atoms with van der Waals surface area (Å²) in [6, 6.07) is 1.49. The summed E-state index contributed by atoms with van der Waals surface area (Å²) in [7, 11) is 0. The molecule has 2 nitrogen and oxygen atoms in total. The molecular weight excluding hydrogens is 285 g/mol. The van der Waals surface area contributed by atoms with Gasteiger partial charge in [-0.25, -0.2) is 13.2 Å². The second kappa shape index (κ2) is 5.31.